The molecule has 2 aromatic rings. The largest absolute Gasteiger partial charge is 0.478 e. The number of benzene rings is 2. The number of fused-ring (bicyclic) bond motifs is 2. The molecule has 0 bridgehead atoms. The molecular weight excluding hydrogens is 384 g/mol. The molecular formula is C22H28N4O2S. The Balaban J connectivity index is 1.79. The highest BCUT2D eigenvalue weighted by Gasteiger charge is 2.29. The molecule has 1 fully saturated rings. The Hall–Kier alpha value is -2.38. The Morgan fingerprint density at radius 1 is 1.07 bits per heavy atom. The van der Waals surface area contributed by atoms with Crippen LogP contribution >= 0.6 is 11.8 Å². The third-order valence-corrected chi connectivity index (χ3v) is 6.92. The van der Waals surface area contributed by atoms with Crippen molar-refractivity contribution in [2.75, 3.05) is 62.4 Å². The molecule has 0 aromatic heterocycles. The van der Waals surface area contributed by atoms with Crippen LogP contribution in [0, 0.1) is 13.8 Å². The smallest absolute Gasteiger partial charge is 0.339 e. The second kappa shape index (κ2) is 7.46. The van der Waals surface area contributed by atoms with Crippen LogP contribution in [0.15, 0.2) is 28.0 Å². The van der Waals surface area contributed by atoms with Gasteiger partial charge < -0.3 is 25.1 Å². The third kappa shape index (κ3) is 3.53. The minimum absolute atomic E-state index is 0.362. The van der Waals surface area contributed by atoms with Gasteiger partial charge in [0.2, 0.25) is 0 Å². The molecule has 7 heteroatoms. The number of aryl methyl sites for hydroxylation is 2. The molecule has 6 nitrogen and oxygen atoms in total. The molecule has 2 aliphatic heterocycles. The van der Waals surface area contributed by atoms with Gasteiger partial charge in [-0.1, -0.05) is 11.8 Å². The van der Waals surface area contributed by atoms with Crippen LogP contribution in [0.25, 0.3) is 0 Å². The standard InChI is InChI=1S/C22H28N4O2S/c1-13-10-15(26-8-6-25(5)7-9-26)12-17-19(13)23-20-14(2)11-16(24(3)4)18(22(27)28)21(20)29-17/h10-12,23H,6-9H2,1-5H3,(H,27,28). The number of carboxylic acid groups (broad SMARTS) is 1. The number of hydrogen-bond donors (Lipinski definition) is 2. The van der Waals surface area contributed by atoms with Crippen LogP contribution in [0.3, 0.4) is 0 Å². The van der Waals surface area contributed by atoms with E-state index in [1.54, 1.807) is 11.8 Å². The summed E-state index contributed by atoms with van der Waals surface area (Å²) in [7, 11) is 5.93. The molecule has 29 heavy (non-hydrogen) atoms. The molecule has 0 amide bonds. The molecule has 0 spiro atoms. The summed E-state index contributed by atoms with van der Waals surface area (Å²) in [4.78, 5) is 20.7. The molecule has 0 unspecified atom stereocenters. The summed E-state index contributed by atoms with van der Waals surface area (Å²) in [6.07, 6.45) is 0. The van der Waals surface area contributed by atoms with Gasteiger partial charge in [0.15, 0.2) is 0 Å². The van der Waals surface area contributed by atoms with Crippen molar-refractivity contribution in [2.45, 2.75) is 23.6 Å². The number of aromatic carboxylic acids is 1. The van der Waals surface area contributed by atoms with Crippen LogP contribution in [-0.4, -0.2) is 63.3 Å². The van der Waals surface area contributed by atoms with E-state index in [9.17, 15) is 9.90 Å². The van der Waals surface area contributed by atoms with Crippen molar-refractivity contribution < 1.29 is 9.90 Å². The maximum Gasteiger partial charge on any atom is 0.339 e. The van der Waals surface area contributed by atoms with Gasteiger partial charge >= 0.3 is 5.97 Å². The van der Waals surface area contributed by atoms with Gasteiger partial charge in [-0.15, -0.1) is 0 Å². The van der Waals surface area contributed by atoms with Crippen molar-refractivity contribution >= 4 is 40.5 Å². The Labute approximate surface area is 176 Å². The molecule has 0 radical (unpaired) electrons. The SMILES string of the molecule is Cc1cc(N2CCN(C)CC2)cc2c1Nc1c(C)cc(N(C)C)c(C(=O)O)c1S2. The highest BCUT2D eigenvalue weighted by molar-refractivity contribution is 7.99. The number of piperazine rings is 1. The normalized spacial score (nSPS) is 16.1. The van der Waals surface area contributed by atoms with Crippen molar-refractivity contribution in [3.05, 3.63) is 34.9 Å². The van der Waals surface area contributed by atoms with E-state index in [4.69, 9.17) is 0 Å². The Kier molecular flexibility index (Phi) is 5.12. The van der Waals surface area contributed by atoms with Crippen LogP contribution < -0.4 is 15.1 Å². The summed E-state index contributed by atoms with van der Waals surface area (Å²) in [6, 6.07) is 6.40. The molecule has 0 atom stereocenters. The number of hydrogen-bond acceptors (Lipinski definition) is 6. The highest BCUT2D eigenvalue weighted by Crippen LogP contribution is 2.51. The monoisotopic (exact) mass is 412 g/mol. The Morgan fingerprint density at radius 3 is 2.34 bits per heavy atom. The van der Waals surface area contributed by atoms with Gasteiger partial charge in [0.1, 0.15) is 0 Å². The van der Waals surface area contributed by atoms with Crippen LogP contribution in [0.4, 0.5) is 22.7 Å². The zero-order chi connectivity index (χ0) is 20.9. The van der Waals surface area contributed by atoms with Gasteiger partial charge in [-0.05, 0) is 50.2 Å². The van der Waals surface area contributed by atoms with E-state index in [0.29, 0.717) is 5.56 Å². The van der Waals surface area contributed by atoms with Crippen LogP contribution in [-0.2, 0) is 0 Å². The van der Waals surface area contributed by atoms with Gasteiger partial charge in [0.05, 0.1) is 27.5 Å². The van der Waals surface area contributed by atoms with E-state index in [0.717, 1.165) is 58.6 Å². The maximum absolute atomic E-state index is 12.2. The van der Waals surface area contributed by atoms with Gasteiger partial charge in [-0.25, -0.2) is 4.79 Å². The van der Waals surface area contributed by atoms with Gasteiger partial charge in [-0.3, -0.25) is 0 Å². The zero-order valence-corrected chi connectivity index (χ0v) is 18.5. The second-order valence-electron chi connectivity index (χ2n) is 8.14. The van der Waals surface area contributed by atoms with Crippen LogP contribution in [0.1, 0.15) is 21.5 Å². The number of rotatable bonds is 3. The minimum Gasteiger partial charge on any atom is -0.478 e. The zero-order valence-electron chi connectivity index (χ0n) is 17.7. The van der Waals surface area contributed by atoms with Gasteiger partial charge in [-0.2, -0.15) is 0 Å². The van der Waals surface area contributed by atoms with Crippen LogP contribution in [0.5, 0.6) is 0 Å². The second-order valence-corrected chi connectivity index (χ2v) is 9.20. The summed E-state index contributed by atoms with van der Waals surface area (Å²) in [6.45, 7) is 8.28. The molecule has 2 heterocycles. The summed E-state index contributed by atoms with van der Waals surface area (Å²) in [5, 5.41) is 13.5. The van der Waals surface area contributed by atoms with Crippen LogP contribution in [0.2, 0.25) is 0 Å². The van der Waals surface area contributed by atoms with Crippen molar-refractivity contribution in [3.63, 3.8) is 0 Å². The van der Waals surface area contributed by atoms with Crippen molar-refractivity contribution in [1.82, 2.24) is 4.90 Å². The first kappa shape index (κ1) is 19.9. The summed E-state index contributed by atoms with van der Waals surface area (Å²) in [5.74, 6) is -0.894. The van der Waals surface area contributed by atoms with E-state index in [1.165, 1.54) is 11.3 Å². The maximum atomic E-state index is 12.2. The molecule has 1 saturated heterocycles. The molecule has 0 saturated carbocycles. The molecule has 4 rings (SSSR count). The quantitative estimate of drug-likeness (QED) is 0.674. The summed E-state index contributed by atoms with van der Waals surface area (Å²) in [5.41, 5.74) is 6.53. The fraction of sp³-hybridized carbons (Fsp3) is 0.409. The number of nitrogens with zero attached hydrogens (tertiary/aromatic N) is 3. The lowest BCUT2D eigenvalue weighted by atomic mass is 10.0. The molecule has 2 N–H and O–H groups in total. The number of anilines is 4. The lowest BCUT2D eigenvalue weighted by Gasteiger charge is -2.35. The van der Waals surface area contributed by atoms with Gasteiger partial charge in [0, 0.05) is 50.9 Å². The minimum atomic E-state index is -0.894. The predicted molar refractivity (Wildman–Crippen MR) is 121 cm³/mol. The highest BCUT2D eigenvalue weighted by atomic mass is 32.2. The van der Waals surface area contributed by atoms with Gasteiger partial charge in [0.25, 0.3) is 0 Å². The number of likely N-dealkylation sites (N-methyl/N-ethyl adjacent to an activating group) is 1. The fourth-order valence-electron chi connectivity index (χ4n) is 4.05. The van der Waals surface area contributed by atoms with E-state index in [1.807, 2.05) is 32.0 Å². The number of carbonyl (C=O) groups is 1. The summed E-state index contributed by atoms with van der Waals surface area (Å²) >= 11 is 1.57. The first-order valence-electron chi connectivity index (χ1n) is 9.87. The number of nitrogens with one attached hydrogen (secondary N) is 1. The van der Waals surface area contributed by atoms with Crippen molar-refractivity contribution in [3.8, 4) is 0 Å². The Morgan fingerprint density at radius 2 is 1.72 bits per heavy atom. The lowest BCUT2D eigenvalue weighted by Crippen LogP contribution is -2.44. The molecule has 154 valence electrons. The molecule has 0 aliphatic carbocycles. The van der Waals surface area contributed by atoms with E-state index in [-0.39, 0.29) is 0 Å². The average molecular weight is 413 g/mol. The average Bonchev–Trinajstić information content (AvgIpc) is 2.66. The predicted octanol–water partition coefficient (Wildman–Crippen LogP) is 4.03. The lowest BCUT2D eigenvalue weighted by molar-refractivity contribution is 0.0694. The van der Waals surface area contributed by atoms with E-state index < -0.39 is 5.97 Å². The topological polar surface area (TPSA) is 59.0 Å². The molecule has 2 aromatic carbocycles. The van der Waals surface area contributed by atoms with E-state index >= 15 is 0 Å². The van der Waals surface area contributed by atoms with Crippen molar-refractivity contribution in [2.24, 2.45) is 0 Å². The number of carboxylic acids is 1. The summed E-state index contributed by atoms with van der Waals surface area (Å²) < 4.78 is 0. The van der Waals surface area contributed by atoms with Crippen molar-refractivity contribution in [1.29, 1.82) is 0 Å². The third-order valence-electron chi connectivity index (χ3n) is 5.77. The molecule has 2 aliphatic rings. The first-order chi connectivity index (χ1) is 13.8. The Bertz CT molecular complexity index is 982. The fourth-order valence-corrected chi connectivity index (χ4v) is 5.37. The van der Waals surface area contributed by atoms with E-state index in [2.05, 4.69) is 41.2 Å². The first-order valence-corrected chi connectivity index (χ1v) is 10.7.